The summed E-state index contributed by atoms with van der Waals surface area (Å²) in [5.41, 5.74) is -0.426. The third-order valence-electron chi connectivity index (χ3n) is 2.57. The van der Waals surface area contributed by atoms with Crippen molar-refractivity contribution in [3.63, 3.8) is 0 Å². The second-order valence-electron chi connectivity index (χ2n) is 3.95. The van der Waals surface area contributed by atoms with Crippen LogP contribution in [0.15, 0.2) is 28.7 Å². The van der Waals surface area contributed by atoms with E-state index in [1.165, 1.54) is 12.1 Å². The summed E-state index contributed by atoms with van der Waals surface area (Å²) in [6, 6.07) is 4.04. The van der Waals surface area contributed by atoms with Gasteiger partial charge in [0.15, 0.2) is 23.3 Å². The Bertz CT molecular complexity index is 633. The molecule has 0 fully saturated rings. The van der Waals surface area contributed by atoms with E-state index in [0.29, 0.717) is 5.56 Å². The van der Waals surface area contributed by atoms with Crippen molar-refractivity contribution in [3.8, 4) is 0 Å². The summed E-state index contributed by atoms with van der Waals surface area (Å²) >= 11 is 2.95. The fourth-order valence-corrected chi connectivity index (χ4v) is 1.99. The zero-order valence-corrected chi connectivity index (χ0v) is 11.4. The summed E-state index contributed by atoms with van der Waals surface area (Å²) in [6.07, 6.45) is 0. The SMILES string of the molecule is Fc1ccc(CNc2c(F)c(F)cc(F)c2F)cc1Br. The summed E-state index contributed by atoms with van der Waals surface area (Å²) in [5.74, 6) is -6.50. The maximum atomic E-state index is 13.4. The zero-order chi connectivity index (χ0) is 14.9. The molecule has 7 heteroatoms. The molecule has 0 saturated heterocycles. The molecule has 0 atom stereocenters. The molecule has 0 heterocycles. The van der Waals surface area contributed by atoms with Crippen molar-refractivity contribution >= 4 is 21.6 Å². The molecule has 2 aromatic carbocycles. The van der Waals surface area contributed by atoms with Crippen LogP contribution in [0.2, 0.25) is 0 Å². The van der Waals surface area contributed by atoms with Crippen LogP contribution in [0.3, 0.4) is 0 Å². The van der Waals surface area contributed by atoms with E-state index in [1.54, 1.807) is 0 Å². The first-order valence-corrected chi connectivity index (χ1v) is 6.20. The van der Waals surface area contributed by atoms with Crippen molar-refractivity contribution in [2.45, 2.75) is 6.54 Å². The Kier molecular flexibility index (Phi) is 4.27. The zero-order valence-electron chi connectivity index (χ0n) is 9.78. The molecule has 0 saturated carbocycles. The molecule has 0 amide bonds. The molecule has 2 aromatic rings. The van der Waals surface area contributed by atoms with Crippen molar-refractivity contribution < 1.29 is 22.0 Å². The van der Waals surface area contributed by atoms with E-state index in [-0.39, 0.29) is 17.1 Å². The van der Waals surface area contributed by atoms with Crippen LogP contribution in [0.5, 0.6) is 0 Å². The molecule has 0 aliphatic rings. The number of rotatable bonds is 3. The Morgan fingerprint density at radius 2 is 1.45 bits per heavy atom. The van der Waals surface area contributed by atoms with Gasteiger partial charge in [-0.05, 0) is 33.6 Å². The molecule has 2 rings (SSSR count). The molecular formula is C13H7BrF5N. The highest BCUT2D eigenvalue weighted by molar-refractivity contribution is 9.10. The quantitative estimate of drug-likeness (QED) is 0.621. The van der Waals surface area contributed by atoms with Crippen LogP contribution in [-0.2, 0) is 6.54 Å². The summed E-state index contributed by atoms with van der Waals surface area (Å²) in [4.78, 5) is 0. The molecule has 0 aromatic heterocycles. The number of anilines is 1. The molecule has 1 N–H and O–H groups in total. The van der Waals surface area contributed by atoms with E-state index >= 15 is 0 Å². The van der Waals surface area contributed by atoms with Gasteiger partial charge in [-0.15, -0.1) is 0 Å². The van der Waals surface area contributed by atoms with Gasteiger partial charge in [-0.2, -0.15) is 0 Å². The fourth-order valence-electron chi connectivity index (χ4n) is 1.57. The first-order chi connectivity index (χ1) is 9.40. The molecule has 0 aliphatic heterocycles. The number of benzene rings is 2. The average molecular weight is 352 g/mol. The lowest BCUT2D eigenvalue weighted by Gasteiger charge is -2.10. The highest BCUT2D eigenvalue weighted by Gasteiger charge is 2.18. The number of nitrogens with one attached hydrogen (secondary N) is 1. The minimum Gasteiger partial charge on any atom is -0.376 e. The van der Waals surface area contributed by atoms with Gasteiger partial charge in [-0.3, -0.25) is 0 Å². The van der Waals surface area contributed by atoms with Crippen LogP contribution in [0, 0.1) is 29.1 Å². The number of halogens is 6. The van der Waals surface area contributed by atoms with Gasteiger partial charge < -0.3 is 5.32 Å². The van der Waals surface area contributed by atoms with Gasteiger partial charge in [0.2, 0.25) is 0 Å². The lowest BCUT2D eigenvalue weighted by atomic mass is 10.2. The Hall–Kier alpha value is -1.63. The molecule has 0 aliphatic carbocycles. The first-order valence-electron chi connectivity index (χ1n) is 5.41. The van der Waals surface area contributed by atoms with Gasteiger partial charge in [0.25, 0.3) is 0 Å². The first kappa shape index (κ1) is 14.8. The monoisotopic (exact) mass is 351 g/mol. The molecule has 0 radical (unpaired) electrons. The van der Waals surface area contributed by atoms with Gasteiger partial charge in [-0.25, -0.2) is 22.0 Å². The lowest BCUT2D eigenvalue weighted by Crippen LogP contribution is -2.07. The van der Waals surface area contributed by atoms with E-state index in [0.717, 1.165) is 6.07 Å². The van der Waals surface area contributed by atoms with E-state index in [9.17, 15) is 22.0 Å². The van der Waals surface area contributed by atoms with Crippen LogP contribution in [-0.4, -0.2) is 0 Å². The summed E-state index contributed by atoms with van der Waals surface area (Å²) < 4.78 is 65.9. The number of hydrogen-bond acceptors (Lipinski definition) is 1. The minimum atomic E-state index is -1.51. The van der Waals surface area contributed by atoms with Crippen molar-refractivity contribution in [1.29, 1.82) is 0 Å². The molecule has 20 heavy (non-hydrogen) atoms. The largest absolute Gasteiger partial charge is 0.376 e. The summed E-state index contributed by atoms with van der Waals surface area (Å²) in [6.45, 7) is -0.129. The van der Waals surface area contributed by atoms with Gasteiger partial charge >= 0.3 is 0 Å². The third kappa shape index (κ3) is 2.92. The minimum absolute atomic E-state index is 0.129. The maximum Gasteiger partial charge on any atom is 0.185 e. The average Bonchev–Trinajstić information content (AvgIpc) is 2.40. The van der Waals surface area contributed by atoms with Gasteiger partial charge in [0, 0.05) is 12.6 Å². The molecule has 0 spiro atoms. The Morgan fingerprint density at radius 1 is 0.850 bits per heavy atom. The molecule has 1 nitrogen and oxygen atoms in total. The fraction of sp³-hybridized carbons (Fsp3) is 0.0769. The van der Waals surface area contributed by atoms with Gasteiger partial charge in [0.1, 0.15) is 11.5 Å². The second-order valence-corrected chi connectivity index (χ2v) is 4.80. The highest BCUT2D eigenvalue weighted by Crippen LogP contribution is 2.25. The highest BCUT2D eigenvalue weighted by atomic mass is 79.9. The Labute approximate surface area is 119 Å². The van der Waals surface area contributed by atoms with Crippen LogP contribution in [0.1, 0.15) is 5.56 Å². The Balaban J connectivity index is 2.25. The van der Waals surface area contributed by atoms with Crippen LogP contribution in [0.25, 0.3) is 0 Å². The van der Waals surface area contributed by atoms with Crippen molar-refractivity contribution in [2.75, 3.05) is 5.32 Å². The van der Waals surface area contributed by atoms with Crippen LogP contribution >= 0.6 is 15.9 Å². The molecule has 0 bridgehead atoms. The predicted octanol–water partition coefficient (Wildman–Crippen LogP) is 4.76. The van der Waals surface area contributed by atoms with E-state index in [1.807, 2.05) is 0 Å². The Morgan fingerprint density at radius 3 is 2.00 bits per heavy atom. The molecular weight excluding hydrogens is 345 g/mol. The summed E-state index contributed by atoms with van der Waals surface area (Å²) in [7, 11) is 0. The van der Waals surface area contributed by atoms with Crippen molar-refractivity contribution in [3.05, 3.63) is 63.4 Å². The van der Waals surface area contributed by atoms with E-state index in [2.05, 4.69) is 21.2 Å². The smallest absolute Gasteiger partial charge is 0.185 e. The van der Waals surface area contributed by atoms with Gasteiger partial charge in [-0.1, -0.05) is 6.07 Å². The lowest BCUT2D eigenvalue weighted by molar-refractivity contribution is 0.458. The van der Waals surface area contributed by atoms with E-state index < -0.39 is 34.8 Å². The molecule has 0 unspecified atom stereocenters. The second kappa shape index (κ2) is 5.78. The molecule has 106 valence electrons. The summed E-state index contributed by atoms with van der Waals surface area (Å²) in [5, 5.41) is 2.25. The number of hydrogen-bond donors (Lipinski definition) is 1. The maximum absolute atomic E-state index is 13.4. The van der Waals surface area contributed by atoms with Crippen molar-refractivity contribution in [1.82, 2.24) is 0 Å². The predicted molar refractivity (Wildman–Crippen MR) is 67.7 cm³/mol. The van der Waals surface area contributed by atoms with Crippen molar-refractivity contribution in [2.24, 2.45) is 0 Å². The third-order valence-corrected chi connectivity index (χ3v) is 3.17. The van der Waals surface area contributed by atoms with Crippen LogP contribution < -0.4 is 5.32 Å². The normalized spacial score (nSPS) is 10.7. The van der Waals surface area contributed by atoms with E-state index in [4.69, 9.17) is 0 Å². The topological polar surface area (TPSA) is 12.0 Å². The standard InChI is InChI=1S/C13H7BrF5N/c14-7-3-6(1-2-8(7)15)5-20-13-11(18)9(16)4-10(17)12(13)19/h1-4,20H,5H2. The van der Waals surface area contributed by atoms with Crippen LogP contribution in [0.4, 0.5) is 27.6 Å². The van der Waals surface area contributed by atoms with Gasteiger partial charge in [0.05, 0.1) is 4.47 Å².